The minimum atomic E-state index is -0.323. The van der Waals surface area contributed by atoms with Crippen LogP contribution in [-0.2, 0) is 11.8 Å². The molecule has 0 heterocycles. The first-order valence-corrected chi connectivity index (χ1v) is 7.39. The van der Waals surface area contributed by atoms with Crippen LogP contribution in [0.15, 0.2) is 18.2 Å². The van der Waals surface area contributed by atoms with E-state index < -0.39 is 0 Å². The Morgan fingerprint density at radius 1 is 1.47 bits per heavy atom. The Kier molecular flexibility index (Phi) is 3.98. The summed E-state index contributed by atoms with van der Waals surface area (Å²) in [5.41, 5.74) is 8.99. The second kappa shape index (κ2) is 5.36. The molecule has 0 spiro atoms. The normalized spacial score (nSPS) is 27.2. The largest absolute Gasteiger partial charge is 0.366 e. The third-order valence-corrected chi connectivity index (χ3v) is 4.65. The molecular formula is C17H25NO. The van der Waals surface area contributed by atoms with Crippen molar-refractivity contribution in [2.75, 3.05) is 0 Å². The number of hydrogen-bond donors (Lipinski definition) is 1. The first kappa shape index (κ1) is 14.1. The molecule has 2 atom stereocenters. The predicted molar refractivity (Wildman–Crippen MR) is 79.3 cm³/mol. The molecular weight excluding hydrogens is 234 g/mol. The van der Waals surface area contributed by atoms with Gasteiger partial charge in [-0.05, 0) is 53.9 Å². The summed E-state index contributed by atoms with van der Waals surface area (Å²) in [6.45, 7) is 6.86. The zero-order chi connectivity index (χ0) is 14.0. The van der Waals surface area contributed by atoms with Gasteiger partial charge in [-0.25, -0.2) is 0 Å². The molecule has 2 rings (SSSR count). The number of hydrogen-bond acceptors (Lipinski definition) is 1. The SMILES string of the molecule is CCc1ccc(C(N)=O)cc1C1(C)CCC[C@H](C)C1. The van der Waals surface area contributed by atoms with Gasteiger partial charge in [-0.3, -0.25) is 4.79 Å². The Hall–Kier alpha value is -1.31. The molecule has 1 aromatic rings. The van der Waals surface area contributed by atoms with Crippen molar-refractivity contribution < 1.29 is 4.79 Å². The van der Waals surface area contributed by atoms with Crippen molar-refractivity contribution in [1.82, 2.24) is 0 Å². The maximum Gasteiger partial charge on any atom is 0.248 e. The van der Waals surface area contributed by atoms with Crippen molar-refractivity contribution in [3.63, 3.8) is 0 Å². The highest BCUT2D eigenvalue weighted by Crippen LogP contribution is 2.43. The molecule has 104 valence electrons. The van der Waals surface area contributed by atoms with Crippen LogP contribution in [0.2, 0.25) is 0 Å². The lowest BCUT2D eigenvalue weighted by Gasteiger charge is -2.39. The number of primary amides is 1. The van der Waals surface area contributed by atoms with E-state index in [2.05, 4.69) is 26.8 Å². The smallest absolute Gasteiger partial charge is 0.248 e. The van der Waals surface area contributed by atoms with Crippen molar-refractivity contribution in [2.45, 2.75) is 58.3 Å². The fourth-order valence-corrected chi connectivity index (χ4v) is 3.66. The van der Waals surface area contributed by atoms with E-state index >= 15 is 0 Å². The lowest BCUT2D eigenvalue weighted by atomic mass is 9.66. The van der Waals surface area contributed by atoms with Gasteiger partial charge in [0, 0.05) is 5.56 Å². The average Bonchev–Trinajstić information content (AvgIpc) is 2.37. The second-order valence-corrected chi connectivity index (χ2v) is 6.35. The molecule has 0 saturated heterocycles. The first-order valence-electron chi connectivity index (χ1n) is 7.39. The summed E-state index contributed by atoms with van der Waals surface area (Å²) >= 11 is 0. The van der Waals surface area contributed by atoms with Crippen LogP contribution in [0.1, 0.15) is 67.9 Å². The summed E-state index contributed by atoms with van der Waals surface area (Å²) in [5.74, 6) is 0.442. The molecule has 0 radical (unpaired) electrons. The molecule has 1 amide bonds. The zero-order valence-corrected chi connectivity index (χ0v) is 12.3. The Balaban J connectivity index is 2.46. The predicted octanol–water partition coefficient (Wildman–Crippen LogP) is 3.82. The maximum absolute atomic E-state index is 11.4. The molecule has 2 nitrogen and oxygen atoms in total. The van der Waals surface area contributed by atoms with Crippen molar-refractivity contribution in [3.05, 3.63) is 34.9 Å². The minimum Gasteiger partial charge on any atom is -0.366 e. The number of amides is 1. The van der Waals surface area contributed by atoms with Crippen LogP contribution in [0, 0.1) is 5.92 Å². The van der Waals surface area contributed by atoms with Crippen LogP contribution in [0.25, 0.3) is 0 Å². The molecule has 2 N–H and O–H groups in total. The topological polar surface area (TPSA) is 43.1 Å². The molecule has 0 aromatic heterocycles. The van der Waals surface area contributed by atoms with Gasteiger partial charge in [-0.15, -0.1) is 0 Å². The van der Waals surface area contributed by atoms with E-state index in [-0.39, 0.29) is 11.3 Å². The van der Waals surface area contributed by atoms with E-state index in [9.17, 15) is 4.79 Å². The number of benzene rings is 1. The second-order valence-electron chi connectivity index (χ2n) is 6.35. The quantitative estimate of drug-likeness (QED) is 0.881. The van der Waals surface area contributed by atoms with Gasteiger partial charge < -0.3 is 5.73 Å². The fourth-order valence-electron chi connectivity index (χ4n) is 3.66. The molecule has 1 aliphatic rings. The standard InChI is InChI=1S/C17H25NO/c1-4-13-7-8-14(16(18)19)10-15(13)17(3)9-5-6-12(2)11-17/h7-8,10,12H,4-6,9,11H2,1-3H3,(H2,18,19)/t12-,17?/m0/s1. The number of carbonyl (C=O) groups is 1. The van der Waals surface area contributed by atoms with Gasteiger partial charge in [-0.1, -0.05) is 39.7 Å². The number of aryl methyl sites for hydroxylation is 1. The lowest BCUT2D eigenvalue weighted by molar-refractivity contribution is 0.1000. The average molecular weight is 259 g/mol. The molecule has 0 aliphatic heterocycles. The van der Waals surface area contributed by atoms with Crippen LogP contribution in [0.5, 0.6) is 0 Å². The van der Waals surface area contributed by atoms with E-state index in [1.165, 1.54) is 36.8 Å². The van der Waals surface area contributed by atoms with Gasteiger partial charge in [0.1, 0.15) is 0 Å². The van der Waals surface area contributed by atoms with Crippen LogP contribution in [0.4, 0.5) is 0 Å². The highest BCUT2D eigenvalue weighted by Gasteiger charge is 2.33. The summed E-state index contributed by atoms with van der Waals surface area (Å²) < 4.78 is 0. The Morgan fingerprint density at radius 2 is 2.21 bits per heavy atom. The summed E-state index contributed by atoms with van der Waals surface area (Å²) in [7, 11) is 0. The third kappa shape index (κ3) is 2.83. The van der Waals surface area contributed by atoms with E-state index in [0.29, 0.717) is 5.56 Å². The van der Waals surface area contributed by atoms with Crippen LogP contribution in [0.3, 0.4) is 0 Å². The monoisotopic (exact) mass is 259 g/mol. The molecule has 2 heteroatoms. The zero-order valence-electron chi connectivity index (χ0n) is 12.3. The molecule has 1 fully saturated rings. The number of rotatable bonds is 3. The maximum atomic E-state index is 11.4. The molecule has 1 saturated carbocycles. The Morgan fingerprint density at radius 3 is 2.79 bits per heavy atom. The summed E-state index contributed by atoms with van der Waals surface area (Å²) in [6, 6.07) is 5.99. The van der Waals surface area contributed by atoms with Crippen molar-refractivity contribution in [2.24, 2.45) is 11.7 Å². The summed E-state index contributed by atoms with van der Waals surface area (Å²) in [6.07, 6.45) is 6.04. The van der Waals surface area contributed by atoms with Crippen molar-refractivity contribution in [3.8, 4) is 0 Å². The summed E-state index contributed by atoms with van der Waals surface area (Å²) in [5, 5.41) is 0. The van der Waals surface area contributed by atoms with Crippen molar-refractivity contribution >= 4 is 5.91 Å². The van der Waals surface area contributed by atoms with Gasteiger partial charge in [0.15, 0.2) is 0 Å². The number of nitrogens with two attached hydrogens (primary N) is 1. The highest BCUT2D eigenvalue weighted by atomic mass is 16.1. The van der Waals surface area contributed by atoms with E-state index in [4.69, 9.17) is 5.73 Å². The van der Waals surface area contributed by atoms with Crippen LogP contribution < -0.4 is 5.73 Å². The Bertz CT molecular complexity index is 480. The van der Waals surface area contributed by atoms with Gasteiger partial charge in [-0.2, -0.15) is 0 Å². The van der Waals surface area contributed by atoms with E-state index in [1.54, 1.807) is 0 Å². The summed E-state index contributed by atoms with van der Waals surface area (Å²) in [4.78, 5) is 11.4. The molecule has 1 aromatic carbocycles. The van der Waals surface area contributed by atoms with Gasteiger partial charge in [0.2, 0.25) is 5.91 Å². The lowest BCUT2D eigenvalue weighted by Crippen LogP contribution is -2.30. The Labute approximate surface area is 116 Å². The minimum absolute atomic E-state index is 0.203. The van der Waals surface area contributed by atoms with Crippen molar-refractivity contribution in [1.29, 1.82) is 0 Å². The van der Waals surface area contributed by atoms with Crippen LogP contribution in [-0.4, -0.2) is 5.91 Å². The molecule has 1 unspecified atom stereocenters. The molecule has 1 aliphatic carbocycles. The van der Waals surface area contributed by atoms with E-state index in [0.717, 1.165) is 12.3 Å². The first-order chi connectivity index (χ1) is 8.96. The highest BCUT2D eigenvalue weighted by molar-refractivity contribution is 5.93. The van der Waals surface area contributed by atoms with Crippen LogP contribution >= 0.6 is 0 Å². The fraction of sp³-hybridized carbons (Fsp3) is 0.588. The van der Waals surface area contributed by atoms with Gasteiger partial charge >= 0.3 is 0 Å². The van der Waals surface area contributed by atoms with Gasteiger partial charge in [0.05, 0.1) is 0 Å². The van der Waals surface area contributed by atoms with Gasteiger partial charge in [0.25, 0.3) is 0 Å². The molecule has 0 bridgehead atoms. The van der Waals surface area contributed by atoms with E-state index in [1.807, 2.05) is 12.1 Å². The number of carbonyl (C=O) groups excluding carboxylic acids is 1. The third-order valence-electron chi connectivity index (χ3n) is 4.65. The molecule has 19 heavy (non-hydrogen) atoms.